The van der Waals surface area contributed by atoms with Crippen LogP contribution in [0.2, 0.25) is 0 Å². The fourth-order valence-corrected chi connectivity index (χ4v) is 6.43. The first kappa shape index (κ1) is 32.7. The van der Waals surface area contributed by atoms with Crippen LogP contribution in [0.3, 0.4) is 0 Å². The molecule has 10 nitrogen and oxygen atoms in total. The lowest BCUT2D eigenvalue weighted by Crippen LogP contribution is -2.50. The zero-order valence-electron chi connectivity index (χ0n) is 26.9. The Bertz CT molecular complexity index is 1930. The number of aliphatic hydroxyl groups is 1. The van der Waals surface area contributed by atoms with Crippen molar-refractivity contribution in [3.05, 3.63) is 108 Å². The molecule has 0 unspecified atom stereocenters. The number of rotatable bonds is 8. The van der Waals surface area contributed by atoms with Gasteiger partial charge in [0.2, 0.25) is 0 Å². The number of fused-ring (bicyclic) bond motifs is 2. The SMILES string of the molecule is C[C@H](CO)N1C[C@H](C)[C@@H](CN(C)C(=O)Nc2cccc3ccccc23)Oc2c(NC(=O)c3ccc(-c4nccs4)cc3)cccc2C1=O. The molecule has 3 atom stereocenters. The summed E-state index contributed by atoms with van der Waals surface area (Å²) in [5.41, 5.74) is 2.61. The molecular weight excluding hydrogens is 627 g/mol. The average Bonchev–Trinajstić information content (AvgIpc) is 3.65. The fourth-order valence-electron chi connectivity index (χ4n) is 5.78. The second kappa shape index (κ2) is 14.2. The van der Waals surface area contributed by atoms with Crippen molar-refractivity contribution in [2.45, 2.75) is 26.0 Å². The quantitative estimate of drug-likeness (QED) is 0.172. The summed E-state index contributed by atoms with van der Waals surface area (Å²) in [7, 11) is 1.69. The second-order valence-electron chi connectivity index (χ2n) is 12.0. The Kier molecular flexibility index (Phi) is 9.70. The summed E-state index contributed by atoms with van der Waals surface area (Å²) in [5, 5.41) is 20.7. The van der Waals surface area contributed by atoms with Crippen LogP contribution in [0.4, 0.5) is 16.2 Å². The number of ether oxygens (including phenoxy) is 1. The molecule has 246 valence electrons. The molecule has 1 aromatic heterocycles. The van der Waals surface area contributed by atoms with Gasteiger partial charge < -0.3 is 30.3 Å². The molecule has 6 rings (SSSR count). The largest absolute Gasteiger partial charge is 0.485 e. The third-order valence-electron chi connectivity index (χ3n) is 8.60. The first-order valence-corrected chi connectivity index (χ1v) is 16.6. The summed E-state index contributed by atoms with van der Waals surface area (Å²) in [6, 6.07) is 25.0. The fraction of sp³-hybridized carbons (Fsp3) is 0.243. The Labute approximate surface area is 283 Å². The molecule has 0 bridgehead atoms. The van der Waals surface area contributed by atoms with Crippen molar-refractivity contribution in [1.29, 1.82) is 0 Å². The maximum atomic E-state index is 13.9. The Balaban J connectivity index is 1.27. The highest BCUT2D eigenvalue weighted by molar-refractivity contribution is 7.13. The predicted molar refractivity (Wildman–Crippen MR) is 189 cm³/mol. The third-order valence-corrected chi connectivity index (χ3v) is 9.42. The summed E-state index contributed by atoms with van der Waals surface area (Å²) in [6.07, 6.45) is 1.17. The number of carbonyl (C=O) groups is 3. The van der Waals surface area contributed by atoms with Gasteiger partial charge in [0, 0.05) is 47.6 Å². The molecule has 0 saturated heterocycles. The number of urea groups is 1. The van der Waals surface area contributed by atoms with E-state index in [4.69, 9.17) is 4.74 Å². The smallest absolute Gasteiger partial charge is 0.321 e. The van der Waals surface area contributed by atoms with Gasteiger partial charge in [-0.1, -0.05) is 61.5 Å². The Hall–Kier alpha value is -5.26. The predicted octanol–water partition coefficient (Wildman–Crippen LogP) is 6.60. The van der Waals surface area contributed by atoms with E-state index in [-0.39, 0.29) is 48.2 Å². The molecule has 4 amide bonds. The molecule has 0 spiro atoms. The minimum Gasteiger partial charge on any atom is -0.485 e. The zero-order chi connectivity index (χ0) is 33.8. The molecule has 2 heterocycles. The van der Waals surface area contributed by atoms with Gasteiger partial charge in [0.05, 0.1) is 36.1 Å². The molecule has 0 saturated carbocycles. The van der Waals surface area contributed by atoms with Crippen LogP contribution in [0, 0.1) is 5.92 Å². The first-order chi connectivity index (χ1) is 23.2. The number of para-hydroxylation sites is 1. The van der Waals surface area contributed by atoms with Gasteiger partial charge in [-0.05, 0) is 42.6 Å². The summed E-state index contributed by atoms with van der Waals surface area (Å²) >= 11 is 1.51. The summed E-state index contributed by atoms with van der Waals surface area (Å²) in [6.45, 7) is 3.99. The van der Waals surface area contributed by atoms with E-state index in [1.165, 1.54) is 11.3 Å². The van der Waals surface area contributed by atoms with E-state index in [9.17, 15) is 19.5 Å². The highest BCUT2D eigenvalue weighted by atomic mass is 32.1. The second-order valence-corrected chi connectivity index (χ2v) is 12.9. The lowest BCUT2D eigenvalue weighted by Gasteiger charge is -2.38. The van der Waals surface area contributed by atoms with Gasteiger partial charge in [0.15, 0.2) is 5.75 Å². The van der Waals surface area contributed by atoms with Gasteiger partial charge in [-0.15, -0.1) is 11.3 Å². The van der Waals surface area contributed by atoms with Crippen molar-refractivity contribution in [3.63, 3.8) is 0 Å². The number of aliphatic hydroxyl groups excluding tert-OH is 1. The third kappa shape index (κ3) is 6.87. The van der Waals surface area contributed by atoms with Crippen LogP contribution in [-0.2, 0) is 0 Å². The van der Waals surface area contributed by atoms with Crippen LogP contribution in [0.1, 0.15) is 34.6 Å². The number of likely N-dealkylation sites (N-methyl/N-ethyl adjacent to an activating group) is 1. The molecule has 11 heteroatoms. The van der Waals surface area contributed by atoms with E-state index in [1.54, 1.807) is 60.3 Å². The summed E-state index contributed by atoms with van der Waals surface area (Å²) in [4.78, 5) is 48.3. The highest BCUT2D eigenvalue weighted by Gasteiger charge is 2.35. The minimum atomic E-state index is -0.566. The Morgan fingerprint density at radius 3 is 2.50 bits per heavy atom. The summed E-state index contributed by atoms with van der Waals surface area (Å²) in [5.74, 6) is -0.720. The Morgan fingerprint density at radius 2 is 1.75 bits per heavy atom. The zero-order valence-corrected chi connectivity index (χ0v) is 27.7. The van der Waals surface area contributed by atoms with E-state index in [1.807, 2.05) is 66.9 Å². The number of aromatic nitrogens is 1. The van der Waals surface area contributed by atoms with Crippen molar-refractivity contribution in [2.75, 3.05) is 37.4 Å². The molecule has 48 heavy (non-hydrogen) atoms. The van der Waals surface area contributed by atoms with Gasteiger partial charge in [-0.2, -0.15) is 0 Å². The monoisotopic (exact) mass is 663 g/mol. The highest BCUT2D eigenvalue weighted by Crippen LogP contribution is 2.35. The number of nitrogens with zero attached hydrogens (tertiary/aromatic N) is 3. The number of hydrogen-bond acceptors (Lipinski definition) is 7. The molecule has 1 aliphatic heterocycles. The number of nitrogens with one attached hydrogen (secondary N) is 2. The van der Waals surface area contributed by atoms with Crippen LogP contribution in [0.15, 0.2) is 96.5 Å². The maximum absolute atomic E-state index is 13.9. The first-order valence-electron chi connectivity index (χ1n) is 15.8. The van der Waals surface area contributed by atoms with Crippen LogP contribution >= 0.6 is 11.3 Å². The van der Waals surface area contributed by atoms with Gasteiger partial charge in [0.25, 0.3) is 11.8 Å². The maximum Gasteiger partial charge on any atom is 0.321 e. The van der Waals surface area contributed by atoms with Gasteiger partial charge >= 0.3 is 6.03 Å². The van der Waals surface area contributed by atoms with Crippen LogP contribution in [0.5, 0.6) is 5.75 Å². The number of hydrogen-bond donors (Lipinski definition) is 3. The Morgan fingerprint density at radius 1 is 1.02 bits per heavy atom. The molecule has 3 N–H and O–H groups in total. The van der Waals surface area contributed by atoms with E-state index in [0.29, 0.717) is 23.5 Å². The van der Waals surface area contributed by atoms with Crippen molar-refractivity contribution in [1.82, 2.24) is 14.8 Å². The van der Waals surface area contributed by atoms with E-state index in [0.717, 1.165) is 21.3 Å². The molecule has 5 aromatic rings. The van der Waals surface area contributed by atoms with Crippen molar-refractivity contribution in [3.8, 4) is 16.3 Å². The normalized spacial score (nSPS) is 16.7. The van der Waals surface area contributed by atoms with Crippen molar-refractivity contribution >= 4 is 51.3 Å². The molecule has 1 aliphatic rings. The molecule has 0 aliphatic carbocycles. The lowest BCUT2D eigenvalue weighted by atomic mass is 9.99. The molecule has 0 fully saturated rings. The minimum absolute atomic E-state index is 0.188. The molecule has 4 aromatic carbocycles. The number of carbonyl (C=O) groups excluding carboxylic acids is 3. The van der Waals surface area contributed by atoms with Crippen LogP contribution in [0.25, 0.3) is 21.3 Å². The number of benzene rings is 4. The molecular formula is C37H37N5O5S. The summed E-state index contributed by atoms with van der Waals surface area (Å²) < 4.78 is 6.61. The van der Waals surface area contributed by atoms with Gasteiger partial charge in [0.1, 0.15) is 11.1 Å². The van der Waals surface area contributed by atoms with Gasteiger partial charge in [-0.3, -0.25) is 9.59 Å². The van der Waals surface area contributed by atoms with Crippen molar-refractivity contribution < 1.29 is 24.2 Å². The van der Waals surface area contributed by atoms with Crippen LogP contribution < -0.4 is 15.4 Å². The number of amides is 4. The topological polar surface area (TPSA) is 124 Å². The van der Waals surface area contributed by atoms with E-state index < -0.39 is 12.1 Å². The molecule has 0 radical (unpaired) electrons. The van der Waals surface area contributed by atoms with Gasteiger partial charge in [-0.25, -0.2) is 9.78 Å². The lowest BCUT2D eigenvalue weighted by molar-refractivity contribution is 0.0372. The van der Waals surface area contributed by atoms with E-state index in [2.05, 4.69) is 15.6 Å². The average molecular weight is 664 g/mol. The van der Waals surface area contributed by atoms with Crippen LogP contribution in [-0.4, -0.2) is 76.6 Å². The standard InChI is InChI=1S/C37H37N5O5S/c1-23-20-42(24(2)22-43)36(45)29-11-7-13-31(39-34(44)26-14-16-27(17-15-26)35-38-18-19-48-35)33(29)47-32(23)21-41(3)37(46)40-30-12-6-9-25-8-4-5-10-28(25)30/h4-19,23-24,32,43H,20-22H2,1-3H3,(H,39,44)(H,40,46)/t23-,24+,32+/m0/s1. The number of thiazole rings is 1. The van der Waals surface area contributed by atoms with E-state index >= 15 is 0 Å². The van der Waals surface area contributed by atoms with Crippen molar-refractivity contribution in [2.24, 2.45) is 5.92 Å². The number of anilines is 2.